The summed E-state index contributed by atoms with van der Waals surface area (Å²) in [5.74, 6) is 0. The summed E-state index contributed by atoms with van der Waals surface area (Å²) in [7, 11) is 0. The molecule has 0 radical (unpaired) electrons. The van der Waals surface area contributed by atoms with Crippen LogP contribution in [0.2, 0.25) is 0 Å². The molecule has 0 heterocycles. The summed E-state index contributed by atoms with van der Waals surface area (Å²) < 4.78 is 0. The maximum absolute atomic E-state index is 3.99. The number of halogens is 1. The summed E-state index contributed by atoms with van der Waals surface area (Å²) in [6, 6.07) is 11.2. The highest BCUT2D eigenvalue weighted by atomic mass is 35.5. The van der Waals surface area contributed by atoms with Crippen molar-refractivity contribution in [3.63, 3.8) is 0 Å². The van der Waals surface area contributed by atoms with Gasteiger partial charge in [0, 0.05) is 11.6 Å². The molecule has 1 aromatic rings. The van der Waals surface area contributed by atoms with Crippen LogP contribution in [0.4, 0.5) is 0 Å². The average Bonchev–Trinajstić information content (AvgIpc) is 2.44. The summed E-state index contributed by atoms with van der Waals surface area (Å²) in [5, 5.41) is 3.95. The quantitative estimate of drug-likeness (QED) is 0.676. The van der Waals surface area contributed by atoms with Crippen LogP contribution in [0.25, 0.3) is 0 Å². The topological polar surface area (TPSA) is 12.0 Å². The van der Waals surface area contributed by atoms with Crippen LogP contribution in [0.3, 0.4) is 0 Å². The third-order valence-corrected chi connectivity index (χ3v) is 4.67. The Labute approximate surface area is 136 Å². The summed E-state index contributed by atoms with van der Waals surface area (Å²) in [6.07, 6.45) is 12.7. The second-order valence-electron chi connectivity index (χ2n) is 6.32. The van der Waals surface area contributed by atoms with E-state index in [0.717, 1.165) is 6.42 Å². The Hall–Kier alpha value is -0.790. The van der Waals surface area contributed by atoms with Crippen LogP contribution in [0.15, 0.2) is 43.0 Å². The molecular weight excluding hydrogens is 278 g/mol. The van der Waals surface area contributed by atoms with E-state index >= 15 is 0 Å². The molecule has 2 heteroatoms. The Morgan fingerprint density at radius 1 is 1.10 bits per heavy atom. The van der Waals surface area contributed by atoms with E-state index < -0.39 is 0 Å². The second kappa shape index (κ2) is 9.27. The minimum Gasteiger partial charge on any atom is -0.304 e. The predicted octanol–water partition coefficient (Wildman–Crippen LogP) is 5.82. The normalized spacial score (nSPS) is 19.7. The maximum Gasteiger partial charge on any atom is 0.0297 e. The van der Waals surface area contributed by atoms with E-state index in [2.05, 4.69) is 55.2 Å². The van der Waals surface area contributed by atoms with Gasteiger partial charge >= 0.3 is 0 Å². The van der Waals surface area contributed by atoms with Gasteiger partial charge in [-0.2, -0.15) is 0 Å². The Kier molecular flexibility index (Phi) is 8.06. The SMILES string of the molecule is C=CCC1(NC(C)c2ccccc2)CCCCCCC1.Cl. The summed E-state index contributed by atoms with van der Waals surface area (Å²) in [4.78, 5) is 0. The second-order valence-corrected chi connectivity index (χ2v) is 6.32. The Balaban J connectivity index is 0.00000220. The van der Waals surface area contributed by atoms with Crippen molar-refractivity contribution in [1.82, 2.24) is 5.32 Å². The monoisotopic (exact) mass is 307 g/mol. The van der Waals surface area contributed by atoms with E-state index in [-0.39, 0.29) is 17.9 Å². The molecule has 0 amide bonds. The molecule has 0 saturated heterocycles. The van der Waals surface area contributed by atoms with E-state index in [4.69, 9.17) is 0 Å². The van der Waals surface area contributed by atoms with Gasteiger partial charge in [0.1, 0.15) is 0 Å². The molecule has 0 spiro atoms. The van der Waals surface area contributed by atoms with E-state index in [9.17, 15) is 0 Å². The van der Waals surface area contributed by atoms with E-state index in [1.54, 1.807) is 0 Å². The molecule has 0 aromatic heterocycles. The van der Waals surface area contributed by atoms with Crippen molar-refractivity contribution < 1.29 is 0 Å². The highest BCUT2D eigenvalue weighted by molar-refractivity contribution is 5.85. The van der Waals surface area contributed by atoms with Crippen LogP contribution in [0.1, 0.15) is 69.9 Å². The smallest absolute Gasteiger partial charge is 0.0297 e. The van der Waals surface area contributed by atoms with Gasteiger partial charge in [-0.1, -0.05) is 68.5 Å². The lowest BCUT2D eigenvalue weighted by molar-refractivity contribution is 0.230. The Morgan fingerprint density at radius 3 is 2.24 bits per heavy atom. The first-order valence-electron chi connectivity index (χ1n) is 8.19. The molecule has 1 fully saturated rings. The summed E-state index contributed by atoms with van der Waals surface area (Å²) in [6.45, 7) is 6.28. The van der Waals surface area contributed by atoms with Gasteiger partial charge < -0.3 is 5.32 Å². The van der Waals surface area contributed by atoms with Crippen LogP contribution in [0.5, 0.6) is 0 Å². The molecule has 1 aliphatic rings. The zero-order valence-electron chi connectivity index (χ0n) is 13.3. The molecule has 1 unspecified atom stereocenters. The minimum absolute atomic E-state index is 0. The highest BCUT2D eigenvalue weighted by Gasteiger charge is 2.30. The number of hydrogen-bond donors (Lipinski definition) is 1. The fourth-order valence-corrected chi connectivity index (χ4v) is 3.55. The highest BCUT2D eigenvalue weighted by Crippen LogP contribution is 2.32. The molecule has 1 nitrogen and oxygen atoms in total. The third-order valence-electron chi connectivity index (χ3n) is 4.67. The van der Waals surface area contributed by atoms with Gasteiger partial charge in [0.2, 0.25) is 0 Å². The predicted molar refractivity (Wildman–Crippen MR) is 95.1 cm³/mol. The van der Waals surface area contributed by atoms with Gasteiger partial charge in [-0.25, -0.2) is 0 Å². The van der Waals surface area contributed by atoms with Crippen LogP contribution in [-0.2, 0) is 0 Å². The van der Waals surface area contributed by atoms with Gasteiger partial charge in [-0.05, 0) is 31.7 Å². The lowest BCUT2D eigenvalue weighted by Crippen LogP contribution is -2.46. The number of benzene rings is 1. The molecule has 1 atom stereocenters. The molecule has 1 saturated carbocycles. The van der Waals surface area contributed by atoms with Gasteiger partial charge in [0.05, 0.1) is 0 Å². The van der Waals surface area contributed by atoms with Crippen molar-refractivity contribution >= 4 is 12.4 Å². The average molecular weight is 308 g/mol. The van der Waals surface area contributed by atoms with Crippen molar-refractivity contribution in [1.29, 1.82) is 0 Å². The largest absolute Gasteiger partial charge is 0.304 e. The standard InChI is InChI=1S/C19H29N.ClH/c1-3-14-19(15-10-5-4-6-11-16-19)20-17(2)18-12-8-7-9-13-18;/h3,7-9,12-13,17,20H,1,4-6,10-11,14-16H2,2H3;1H. The van der Waals surface area contributed by atoms with Gasteiger partial charge in [-0.3, -0.25) is 0 Å². The molecule has 1 aliphatic carbocycles. The minimum atomic E-state index is 0. The van der Waals surface area contributed by atoms with Crippen LogP contribution in [0, 0.1) is 0 Å². The lowest BCUT2D eigenvalue weighted by Gasteiger charge is -2.38. The number of rotatable bonds is 5. The Bertz CT molecular complexity index is 393. The molecule has 0 aliphatic heterocycles. The molecule has 2 rings (SSSR count). The molecule has 21 heavy (non-hydrogen) atoms. The first-order chi connectivity index (χ1) is 9.76. The lowest BCUT2D eigenvalue weighted by atomic mass is 9.80. The van der Waals surface area contributed by atoms with Crippen molar-refractivity contribution in [2.75, 3.05) is 0 Å². The number of nitrogens with one attached hydrogen (secondary N) is 1. The van der Waals surface area contributed by atoms with Crippen LogP contribution >= 0.6 is 12.4 Å². The molecular formula is C19H30ClN. The first kappa shape index (κ1) is 18.3. The van der Waals surface area contributed by atoms with Crippen molar-refractivity contribution in [2.24, 2.45) is 0 Å². The molecule has 1 aromatic carbocycles. The van der Waals surface area contributed by atoms with E-state index in [1.165, 1.54) is 50.5 Å². The fourth-order valence-electron chi connectivity index (χ4n) is 3.55. The van der Waals surface area contributed by atoms with Crippen molar-refractivity contribution in [3.05, 3.63) is 48.6 Å². The number of hydrogen-bond acceptors (Lipinski definition) is 1. The zero-order valence-corrected chi connectivity index (χ0v) is 14.1. The molecule has 118 valence electrons. The van der Waals surface area contributed by atoms with Gasteiger partial charge in [0.25, 0.3) is 0 Å². The molecule has 0 bridgehead atoms. The van der Waals surface area contributed by atoms with Crippen molar-refractivity contribution in [3.8, 4) is 0 Å². The maximum atomic E-state index is 3.99. The zero-order chi connectivity index (χ0) is 14.3. The summed E-state index contributed by atoms with van der Waals surface area (Å²) in [5.41, 5.74) is 1.65. The fraction of sp³-hybridized carbons (Fsp3) is 0.579. The first-order valence-corrected chi connectivity index (χ1v) is 8.19. The van der Waals surface area contributed by atoms with Gasteiger partial charge in [-0.15, -0.1) is 19.0 Å². The third kappa shape index (κ3) is 5.48. The van der Waals surface area contributed by atoms with Crippen molar-refractivity contribution in [2.45, 2.75) is 69.9 Å². The van der Waals surface area contributed by atoms with Crippen LogP contribution < -0.4 is 5.32 Å². The van der Waals surface area contributed by atoms with E-state index in [0.29, 0.717) is 6.04 Å². The summed E-state index contributed by atoms with van der Waals surface area (Å²) >= 11 is 0. The molecule has 1 N–H and O–H groups in total. The van der Waals surface area contributed by atoms with Crippen LogP contribution in [-0.4, -0.2) is 5.54 Å². The Morgan fingerprint density at radius 2 is 1.67 bits per heavy atom. The van der Waals surface area contributed by atoms with Gasteiger partial charge in [0.15, 0.2) is 0 Å². The van der Waals surface area contributed by atoms with E-state index in [1.807, 2.05) is 0 Å².